The van der Waals surface area contributed by atoms with E-state index in [4.69, 9.17) is 10.4 Å². The quantitative estimate of drug-likeness (QED) is 0.602. The van der Waals surface area contributed by atoms with Crippen molar-refractivity contribution in [2.45, 2.75) is 13.3 Å². The van der Waals surface area contributed by atoms with Crippen LogP contribution in [0.2, 0.25) is 0 Å². The molecule has 0 saturated carbocycles. The van der Waals surface area contributed by atoms with Crippen LogP contribution in [0, 0.1) is 11.3 Å². The maximum atomic E-state index is 10.6. The van der Waals surface area contributed by atoms with Gasteiger partial charge in [-0.05, 0) is 23.6 Å². The third kappa shape index (κ3) is 2.96. The lowest BCUT2D eigenvalue weighted by Crippen LogP contribution is -1.97. The maximum absolute atomic E-state index is 10.6. The first-order valence-corrected chi connectivity index (χ1v) is 4.61. The number of aliphatic carboxylic acids is 1. The lowest BCUT2D eigenvalue weighted by molar-refractivity contribution is -0.132. The molecule has 0 saturated heterocycles. The van der Waals surface area contributed by atoms with Crippen molar-refractivity contribution < 1.29 is 9.90 Å². The second-order valence-electron chi connectivity index (χ2n) is 3.07. The summed E-state index contributed by atoms with van der Waals surface area (Å²) < 4.78 is 0. The minimum absolute atomic E-state index is 0.251. The van der Waals surface area contributed by atoms with E-state index < -0.39 is 5.97 Å². The van der Waals surface area contributed by atoms with Crippen LogP contribution in [0.3, 0.4) is 0 Å². The Kier molecular flexibility index (Phi) is 3.64. The molecule has 0 spiro atoms. The standard InChI is InChI=1S/C12H11NO2/c1-2-9-3-5-10(6-4-9)7-11(8-13)12(14)15/h3-7H,2H2,1H3,(H,14,15). The molecule has 1 rings (SSSR count). The van der Waals surface area contributed by atoms with Gasteiger partial charge in [0.1, 0.15) is 11.6 Å². The topological polar surface area (TPSA) is 61.1 Å². The molecule has 0 fully saturated rings. The van der Waals surface area contributed by atoms with Crippen LogP contribution in [-0.4, -0.2) is 11.1 Å². The molecule has 76 valence electrons. The average molecular weight is 201 g/mol. The molecule has 0 bridgehead atoms. The van der Waals surface area contributed by atoms with Crippen molar-refractivity contribution in [3.05, 3.63) is 41.0 Å². The van der Waals surface area contributed by atoms with Crippen molar-refractivity contribution >= 4 is 12.0 Å². The van der Waals surface area contributed by atoms with E-state index in [-0.39, 0.29) is 5.57 Å². The molecule has 1 aromatic rings. The monoisotopic (exact) mass is 201 g/mol. The molecule has 0 radical (unpaired) electrons. The Bertz CT molecular complexity index is 424. The van der Waals surface area contributed by atoms with Crippen LogP contribution in [0.15, 0.2) is 29.8 Å². The lowest BCUT2D eigenvalue weighted by Gasteiger charge is -1.97. The number of aryl methyl sites for hydroxylation is 1. The molecule has 0 aliphatic heterocycles. The predicted octanol–water partition coefficient (Wildman–Crippen LogP) is 2.24. The number of nitriles is 1. The Morgan fingerprint density at radius 3 is 2.47 bits per heavy atom. The summed E-state index contributed by atoms with van der Waals surface area (Å²) in [6.45, 7) is 2.04. The highest BCUT2D eigenvalue weighted by atomic mass is 16.4. The molecule has 1 N–H and O–H groups in total. The lowest BCUT2D eigenvalue weighted by atomic mass is 10.1. The minimum atomic E-state index is -1.20. The second-order valence-corrected chi connectivity index (χ2v) is 3.07. The number of benzene rings is 1. The molecule has 3 heteroatoms. The van der Waals surface area contributed by atoms with Crippen LogP contribution in [0.25, 0.3) is 6.08 Å². The van der Waals surface area contributed by atoms with E-state index in [2.05, 4.69) is 0 Å². The summed E-state index contributed by atoms with van der Waals surface area (Å²) >= 11 is 0. The third-order valence-corrected chi connectivity index (χ3v) is 2.05. The molecule has 15 heavy (non-hydrogen) atoms. The number of carbonyl (C=O) groups is 1. The van der Waals surface area contributed by atoms with Gasteiger partial charge >= 0.3 is 5.97 Å². The summed E-state index contributed by atoms with van der Waals surface area (Å²) in [7, 11) is 0. The van der Waals surface area contributed by atoms with Crippen molar-refractivity contribution in [2.75, 3.05) is 0 Å². The summed E-state index contributed by atoms with van der Waals surface area (Å²) in [6.07, 6.45) is 2.30. The molecule has 0 atom stereocenters. The fourth-order valence-electron chi connectivity index (χ4n) is 1.16. The molecule has 3 nitrogen and oxygen atoms in total. The fourth-order valence-corrected chi connectivity index (χ4v) is 1.16. The zero-order valence-corrected chi connectivity index (χ0v) is 8.40. The van der Waals surface area contributed by atoms with Crippen LogP contribution in [-0.2, 0) is 11.2 Å². The first kappa shape index (κ1) is 11.0. The number of carboxylic acid groups (broad SMARTS) is 1. The number of rotatable bonds is 3. The summed E-state index contributed by atoms with van der Waals surface area (Å²) in [5.41, 5.74) is 1.66. The van der Waals surface area contributed by atoms with Gasteiger partial charge in [-0.25, -0.2) is 4.79 Å². The van der Waals surface area contributed by atoms with E-state index >= 15 is 0 Å². The van der Waals surface area contributed by atoms with Crippen LogP contribution >= 0.6 is 0 Å². The van der Waals surface area contributed by atoms with Gasteiger partial charge < -0.3 is 5.11 Å². The van der Waals surface area contributed by atoms with Gasteiger partial charge in [-0.2, -0.15) is 5.26 Å². The highest BCUT2D eigenvalue weighted by molar-refractivity contribution is 5.96. The van der Waals surface area contributed by atoms with Gasteiger partial charge in [0.25, 0.3) is 0 Å². The van der Waals surface area contributed by atoms with Gasteiger partial charge in [0.05, 0.1) is 0 Å². The Balaban J connectivity index is 2.98. The molecule has 0 amide bonds. The van der Waals surface area contributed by atoms with Gasteiger partial charge in [0.15, 0.2) is 0 Å². The summed E-state index contributed by atoms with van der Waals surface area (Å²) in [4.78, 5) is 10.6. The molecule has 0 unspecified atom stereocenters. The first-order chi connectivity index (χ1) is 7.17. The van der Waals surface area contributed by atoms with E-state index in [0.29, 0.717) is 0 Å². The predicted molar refractivity (Wildman–Crippen MR) is 57.0 cm³/mol. The van der Waals surface area contributed by atoms with Crippen molar-refractivity contribution in [1.82, 2.24) is 0 Å². The molecule has 0 aliphatic carbocycles. The Morgan fingerprint density at radius 1 is 1.47 bits per heavy atom. The zero-order valence-electron chi connectivity index (χ0n) is 8.40. The average Bonchev–Trinajstić information content (AvgIpc) is 2.26. The highest BCUT2D eigenvalue weighted by Gasteiger charge is 2.04. The molecular formula is C12H11NO2. The number of nitrogens with zero attached hydrogens (tertiary/aromatic N) is 1. The Hall–Kier alpha value is -2.08. The zero-order chi connectivity index (χ0) is 11.3. The highest BCUT2D eigenvalue weighted by Crippen LogP contribution is 2.09. The fraction of sp³-hybridized carbons (Fsp3) is 0.167. The maximum Gasteiger partial charge on any atom is 0.346 e. The first-order valence-electron chi connectivity index (χ1n) is 4.61. The molecule has 0 heterocycles. The molecule has 1 aromatic carbocycles. The van der Waals surface area contributed by atoms with Gasteiger partial charge in [-0.15, -0.1) is 0 Å². The summed E-state index contributed by atoms with van der Waals surface area (Å²) in [6, 6.07) is 9.09. The molecular weight excluding hydrogens is 190 g/mol. The normalized spacial score (nSPS) is 10.8. The summed E-state index contributed by atoms with van der Waals surface area (Å²) in [5, 5.41) is 17.2. The van der Waals surface area contributed by atoms with Crippen LogP contribution < -0.4 is 0 Å². The van der Waals surface area contributed by atoms with Crippen LogP contribution in [0.5, 0.6) is 0 Å². The minimum Gasteiger partial charge on any atom is -0.477 e. The van der Waals surface area contributed by atoms with E-state index in [0.717, 1.165) is 12.0 Å². The SMILES string of the molecule is CCc1ccc(C=C(C#N)C(=O)O)cc1. The van der Waals surface area contributed by atoms with E-state index in [1.807, 2.05) is 19.1 Å². The van der Waals surface area contributed by atoms with E-state index in [1.54, 1.807) is 18.2 Å². The molecule has 0 aliphatic rings. The van der Waals surface area contributed by atoms with E-state index in [9.17, 15) is 4.79 Å². The van der Waals surface area contributed by atoms with Crippen LogP contribution in [0.1, 0.15) is 18.1 Å². The van der Waals surface area contributed by atoms with Crippen molar-refractivity contribution in [2.24, 2.45) is 0 Å². The van der Waals surface area contributed by atoms with Crippen molar-refractivity contribution in [3.8, 4) is 6.07 Å². The third-order valence-electron chi connectivity index (χ3n) is 2.05. The Morgan fingerprint density at radius 2 is 2.07 bits per heavy atom. The smallest absolute Gasteiger partial charge is 0.346 e. The van der Waals surface area contributed by atoms with Gasteiger partial charge in [0.2, 0.25) is 0 Å². The van der Waals surface area contributed by atoms with Gasteiger partial charge in [-0.1, -0.05) is 31.2 Å². The Labute approximate surface area is 88.3 Å². The van der Waals surface area contributed by atoms with Crippen molar-refractivity contribution in [3.63, 3.8) is 0 Å². The number of hydrogen-bond donors (Lipinski definition) is 1. The van der Waals surface area contributed by atoms with E-state index in [1.165, 1.54) is 11.6 Å². The van der Waals surface area contributed by atoms with Crippen LogP contribution in [0.4, 0.5) is 0 Å². The second kappa shape index (κ2) is 4.97. The number of carboxylic acids is 1. The summed E-state index contributed by atoms with van der Waals surface area (Å²) in [5.74, 6) is -1.20. The largest absolute Gasteiger partial charge is 0.477 e. The number of hydrogen-bond acceptors (Lipinski definition) is 2. The van der Waals surface area contributed by atoms with Gasteiger partial charge in [-0.3, -0.25) is 0 Å². The molecule has 0 aromatic heterocycles. The van der Waals surface area contributed by atoms with Gasteiger partial charge in [0, 0.05) is 0 Å². The van der Waals surface area contributed by atoms with Crippen molar-refractivity contribution in [1.29, 1.82) is 5.26 Å².